The van der Waals surface area contributed by atoms with E-state index in [0.717, 1.165) is 12.8 Å². The molecule has 1 heterocycles. The molecule has 0 atom stereocenters. The van der Waals surface area contributed by atoms with E-state index in [0.29, 0.717) is 24.6 Å². The molecule has 1 N–H and O–H groups in total. The average molecular weight is 259 g/mol. The van der Waals surface area contributed by atoms with Gasteiger partial charge in [-0.3, -0.25) is 4.79 Å². The molecule has 19 heavy (non-hydrogen) atoms. The third kappa shape index (κ3) is 3.68. The fourth-order valence-electron chi connectivity index (χ4n) is 2.21. The van der Waals surface area contributed by atoms with Gasteiger partial charge in [-0.05, 0) is 24.8 Å². The first kappa shape index (κ1) is 13.3. The summed E-state index contributed by atoms with van der Waals surface area (Å²) in [6.45, 7) is 1.09. The van der Waals surface area contributed by atoms with E-state index in [2.05, 4.69) is 0 Å². The minimum absolute atomic E-state index is 0.00117. The second-order valence-corrected chi connectivity index (χ2v) is 4.70. The molecule has 1 aliphatic rings. The molecule has 1 saturated heterocycles. The number of allylic oxidation sites excluding steroid dienone is 2. The molecule has 0 radical (unpaired) electrons. The van der Waals surface area contributed by atoms with Gasteiger partial charge in [0.25, 0.3) is 0 Å². The monoisotopic (exact) mass is 259 g/mol. The number of carboxylic acid groups (broad SMARTS) is 1. The maximum Gasteiger partial charge on any atom is 0.407 e. The topological polar surface area (TPSA) is 57.6 Å². The van der Waals surface area contributed by atoms with E-state index in [9.17, 15) is 9.59 Å². The number of amides is 1. The third-order valence-electron chi connectivity index (χ3n) is 3.39. The predicted molar refractivity (Wildman–Crippen MR) is 72.2 cm³/mol. The molecule has 1 aliphatic heterocycles. The summed E-state index contributed by atoms with van der Waals surface area (Å²) in [5.41, 5.74) is 0.682. The molecule has 1 aromatic rings. The molecule has 0 aliphatic carbocycles. The Morgan fingerprint density at radius 3 is 2.37 bits per heavy atom. The van der Waals surface area contributed by atoms with Crippen LogP contribution in [0.1, 0.15) is 23.2 Å². The first-order valence-corrected chi connectivity index (χ1v) is 6.42. The number of benzene rings is 1. The normalized spacial score (nSPS) is 16.7. The number of carbonyl (C=O) groups is 2. The first-order valence-electron chi connectivity index (χ1n) is 6.42. The summed E-state index contributed by atoms with van der Waals surface area (Å²) in [4.78, 5) is 24.1. The van der Waals surface area contributed by atoms with Crippen LogP contribution in [0, 0.1) is 5.92 Å². The van der Waals surface area contributed by atoms with Crippen molar-refractivity contribution in [1.82, 2.24) is 4.90 Å². The maximum absolute atomic E-state index is 11.9. The van der Waals surface area contributed by atoms with Crippen molar-refractivity contribution in [1.29, 1.82) is 0 Å². The number of hydrogen-bond donors (Lipinski definition) is 1. The SMILES string of the molecule is O=C(C=CC1CCN(C(=O)O)CC1)c1ccccc1. The molecule has 2 rings (SSSR count). The highest BCUT2D eigenvalue weighted by Gasteiger charge is 2.20. The Morgan fingerprint density at radius 2 is 1.79 bits per heavy atom. The predicted octanol–water partition coefficient (Wildman–Crippen LogP) is 2.82. The van der Waals surface area contributed by atoms with Crippen LogP contribution >= 0.6 is 0 Å². The number of likely N-dealkylation sites (tertiary alicyclic amines) is 1. The molecular weight excluding hydrogens is 242 g/mol. The maximum atomic E-state index is 11.9. The molecule has 0 bridgehead atoms. The number of ketones is 1. The van der Waals surface area contributed by atoms with Crippen molar-refractivity contribution in [3.05, 3.63) is 48.0 Å². The van der Waals surface area contributed by atoms with E-state index in [-0.39, 0.29) is 5.78 Å². The molecule has 4 nitrogen and oxygen atoms in total. The Kier molecular flexibility index (Phi) is 4.34. The highest BCUT2D eigenvalue weighted by Crippen LogP contribution is 2.18. The second-order valence-electron chi connectivity index (χ2n) is 4.70. The highest BCUT2D eigenvalue weighted by molar-refractivity contribution is 6.04. The first-order chi connectivity index (χ1) is 9.16. The van der Waals surface area contributed by atoms with Gasteiger partial charge < -0.3 is 10.0 Å². The molecule has 1 amide bonds. The quantitative estimate of drug-likeness (QED) is 0.670. The van der Waals surface area contributed by atoms with E-state index in [4.69, 9.17) is 5.11 Å². The Balaban J connectivity index is 1.87. The zero-order valence-corrected chi connectivity index (χ0v) is 10.7. The summed E-state index contributed by atoms with van der Waals surface area (Å²) < 4.78 is 0. The largest absolute Gasteiger partial charge is 0.465 e. The summed E-state index contributed by atoms with van der Waals surface area (Å²) in [6, 6.07) is 9.14. The van der Waals surface area contributed by atoms with Gasteiger partial charge in [0.2, 0.25) is 0 Å². The molecule has 0 unspecified atom stereocenters. The molecule has 4 heteroatoms. The van der Waals surface area contributed by atoms with Crippen LogP contribution in [-0.4, -0.2) is 35.0 Å². The van der Waals surface area contributed by atoms with Gasteiger partial charge in [0.1, 0.15) is 0 Å². The van der Waals surface area contributed by atoms with Gasteiger partial charge >= 0.3 is 6.09 Å². The van der Waals surface area contributed by atoms with Crippen LogP contribution in [0.5, 0.6) is 0 Å². The molecule has 0 saturated carbocycles. The number of hydrogen-bond acceptors (Lipinski definition) is 2. The number of rotatable bonds is 3. The molecular formula is C15H17NO3. The molecule has 0 aromatic heterocycles. The minimum atomic E-state index is -0.859. The molecule has 0 spiro atoms. The van der Waals surface area contributed by atoms with Gasteiger partial charge in [-0.2, -0.15) is 0 Å². The van der Waals surface area contributed by atoms with Gasteiger partial charge in [0.05, 0.1) is 0 Å². The van der Waals surface area contributed by atoms with E-state index in [1.54, 1.807) is 18.2 Å². The van der Waals surface area contributed by atoms with Crippen LogP contribution in [-0.2, 0) is 0 Å². The van der Waals surface area contributed by atoms with Crippen molar-refractivity contribution < 1.29 is 14.7 Å². The van der Waals surface area contributed by atoms with Gasteiger partial charge in [-0.15, -0.1) is 0 Å². The lowest BCUT2D eigenvalue weighted by atomic mass is 9.96. The molecule has 1 fully saturated rings. The summed E-state index contributed by atoms with van der Waals surface area (Å²) in [7, 11) is 0. The van der Waals surface area contributed by atoms with Crippen LogP contribution in [0.4, 0.5) is 4.79 Å². The zero-order chi connectivity index (χ0) is 13.7. The summed E-state index contributed by atoms with van der Waals surface area (Å²) in [6.07, 6.45) is 4.23. The van der Waals surface area contributed by atoms with E-state index in [1.165, 1.54) is 4.90 Å². The average Bonchev–Trinajstić information content (AvgIpc) is 2.46. The summed E-state index contributed by atoms with van der Waals surface area (Å²) in [5, 5.41) is 8.85. The van der Waals surface area contributed by atoms with Crippen molar-refractivity contribution in [3.8, 4) is 0 Å². The number of piperidine rings is 1. The lowest BCUT2D eigenvalue weighted by Gasteiger charge is -2.28. The van der Waals surface area contributed by atoms with E-state index >= 15 is 0 Å². The van der Waals surface area contributed by atoms with E-state index in [1.807, 2.05) is 24.3 Å². The van der Waals surface area contributed by atoms with Crippen LogP contribution in [0.25, 0.3) is 0 Å². The Bertz CT molecular complexity index is 473. The van der Waals surface area contributed by atoms with Crippen molar-refractivity contribution in [2.24, 2.45) is 5.92 Å². The van der Waals surface area contributed by atoms with Crippen molar-refractivity contribution in [2.45, 2.75) is 12.8 Å². The van der Waals surface area contributed by atoms with Gasteiger partial charge in [-0.25, -0.2) is 4.79 Å². The van der Waals surface area contributed by atoms with E-state index < -0.39 is 6.09 Å². The lowest BCUT2D eigenvalue weighted by Crippen LogP contribution is -2.37. The fourth-order valence-corrected chi connectivity index (χ4v) is 2.21. The van der Waals surface area contributed by atoms with Gasteiger partial charge in [0.15, 0.2) is 5.78 Å². The minimum Gasteiger partial charge on any atom is -0.465 e. The summed E-state index contributed by atoms with van der Waals surface area (Å²) in [5.74, 6) is 0.296. The number of nitrogens with zero attached hydrogens (tertiary/aromatic N) is 1. The Hall–Kier alpha value is -2.10. The Labute approximate surface area is 112 Å². The highest BCUT2D eigenvalue weighted by atomic mass is 16.4. The van der Waals surface area contributed by atoms with Crippen LogP contribution in [0.3, 0.4) is 0 Å². The summed E-state index contributed by atoms with van der Waals surface area (Å²) >= 11 is 0. The van der Waals surface area contributed by atoms with Gasteiger partial charge in [-0.1, -0.05) is 36.4 Å². The second kappa shape index (κ2) is 6.18. The van der Waals surface area contributed by atoms with Crippen LogP contribution in [0.15, 0.2) is 42.5 Å². The number of carbonyl (C=O) groups excluding carboxylic acids is 1. The standard InChI is InChI=1S/C15H17NO3/c17-14(13-4-2-1-3-5-13)7-6-12-8-10-16(11-9-12)15(18)19/h1-7,12H,8-11H2,(H,18,19). The van der Waals surface area contributed by atoms with Crippen molar-refractivity contribution in [2.75, 3.05) is 13.1 Å². The lowest BCUT2D eigenvalue weighted by molar-refractivity contribution is 0.104. The van der Waals surface area contributed by atoms with Gasteiger partial charge in [0, 0.05) is 18.7 Å². The van der Waals surface area contributed by atoms with Crippen molar-refractivity contribution >= 4 is 11.9 Å². The molecule has 1 aromatic carbocycles. The Morgan fingerprint density at radius 1 is 1.16 bits per heavy atom. The zero-order valence-electron chi connectivity index (χ0n) is 10.7. The molecule has 100 valence electrons. The van der Waals surface area contributed by atoms with Crippen molar-refractivity contribution in [3.63, 3.8) is 0 Å². The van der Waals surface area contributed by atoms with Crippen LogP contribution in [0.2, 0.25) is 0 Å². The smallest absolute Gasteiger partial charge is 0.407 e. The third-order valence-corrected chi connectivity index (χ3v) is 3.39. The fraction of sp³-hybridized carbons (Fsp3) is 0.333. The van der Waals surface area contributed by atoms with Crippen LogP contribution < -0.4 is 0 Å².